The van der Waals surface area contributed by atoms with Gasteiger partial charge in [0, 0.05) is 5.56 Å². The third-order valence-corrected chi connectivity index (χ3v) is 1.82. The van der Waals surface area contributed by atoms with Gasteiger partial charge in [-0.3, -0.25) is 4.79 Å². The highest BCUT2D eigenvalue weighted by molar-refractivity contribution is 6.00. The maximum Gasteiger partial charge on any atom is 0.259 e. The van der Waals surface area contributed by atoms with E-state index in [-0.39, 0.29) is 5.57 Å². The van der Waals surface area contributed by atoms with Gasteiger partial charge in [0.25, 0.3) is 5.91 Å². The molecule has 2 N–H and O–H groups in total. The van der Waals surface area contributed by atoms with Crippen LogP contribution < -0.4 is 10.5 Å². The lowest BCUT2D eigenvalue weighted by Crippen LogP contribution is -2.12. The summed E-state index contributed by atoms with van der Waals surface area (Å²) in [5.41, 5.74) is 5.57. The fourth-order valence-corrected chi connectivity index (χ4v) is 1.10. The van der Waals surface area contributed by atoms with Gasteiger partial charge in [-0.1, -0.05) is 18.2 Å². The number of para-hydroxylation sites is 1. The first kappa shape index (κ1) is 10.8. The van der Waals surface area contributed by atoms with E-state index in [9.17, 15) is 4.79 Å². The topological polar surface area (TPSA) is 76.1 Å². The van der Waals surface area contributed by atoms with E-state index in [4.69, 9.17) is 15.7 Å². The van der Waals surface area contributed by atoms with E-state index >= 15 is 0 Å². The second-order valence-corrected chi connectivity index (χ2v) is 2.78. The van der Waals surface area contributed by atoms with Crippen LogP contribution in [0.5, 0.6) is 5.75 Å². The van der Waals surface area contributed by atoms with Crippen LogP contribution in [0.25, 0.3) is 6.08 Å². The highest BCUT2D eigenvalue weighted by Crippen LogP contribution is 2.19. The van der Waals surface area contributed by atoms with Crippen LogP contribution in [0.4, 0.5) is 0 Å². The molecule has 0 aliphatic heterocycles. The molecule has 0 saturated heterocycles. The van der Waals surface area contributed by atoms with Crippen molar-refractivity contribution in [2.45, 2.75) is 0 Å². The lowest BCUT2D eigenvalue weighted by atomic mass is 10.1. The largest absolute Gasteiger partial charge is 0.496 e. The Bertz CT molecular complexity index is 444. The monoisotopic (exact) mass is 202 g/mol. The minimum atomic E-state index is -0.747. The quantitative estimate of drug-likeness (QED) is 0.588. The van der Waals surface area contributed by atoms with Crippen LogP contribution in [0.3, 0.4) is 0 Å². The predicted molar refractivity (Wildman–Crippen MR) is 55.8 cm³/mol. The molecular formula is C11H10N2O2. The number of benzene rings is 1. The Balaban J connectivity index is 3.18. The number of nitriles is 1. The molecule has 0 saturated carbocycles. The summed E-state index contributed by atoms with van der Waals surface area (Å²) in [4.78, 5) is 10.8. The molecule has 0 atom stereocenters. The number of methoxy groups -OCH3 is 1. The van der Waals surface area contributed by atoms with Crippen molar-refractivity contribution >= 4 is 12.0 Å². The molecule has 0 fully saturated rings. The molecule has 0 spiro atoms. The van der Waals surface area contributed by atoms with Gasteiger partial charge in [-0.2, -0.15) is 5.26 Å². The summed E-state index contributed by atoms with van der Waals surface area (Å²) in [6, 6.07) is 8.79. The molecule has 4 heteroatoms. The SMILES string of the molecule is COc1ccccc1C=C(C#N)C(N)=O. The number of carbonyl (C=O) groups is 1. The average molecular weight is 202 g/mol. The number of primary amides is 1. The van der Waals surface area contributed by atoms with Crippen LogP contribution in [-0.4, -0.2) is 13.0 Å². The Kier molecular flexibility index (Phi) is 3.47. The number of nitrogens with zero attached hydrogens (tertiary/aromatic N) is 1. The van der Waals surface area contributed by atoms with E-state index in [2.05, 4.69) is 0 Å². The van der Waals surface area contributed by atoms with E-state index in [0.29, 0.717) is 11.3 Å². The summed E-state index contributed by atoms with van der Waals surface area (Å²) in [6.45, 7) is 0. The van der Waals surface area contributed by atoms with Crippen molar-refractivity contribution in [1.29, 1.82) is 5.26 Å². The summed E-state index contributed by atoms with van der Waals surface area (Å²) in [6.07, 6.45) is 1.40. The van der Waals surface area contributed by atoms with Gasteiger partial charge in [0.15, 0.2) is 0 Å². The molecule has 1 amide bonds. The normalized spacial score (nSPS) is 10.5. The number of nitrogens with two attached hydrogens (primary N) is 1. The fraction of sp³-hybridized carbons (Fsp3) is 0.0909. The van der Waals surface area contributed by atoms with E-state index in [1.165, 1.54) is 13.2 Å². The third-order valence-electron chi connectivity index (χ3n) is 1.82. The van der Waals surface area contributed by atoms with E-state index < -0.39 is 5.91 Å². The Hall–Kier alpha value is -2.28. The van der Waals surface area contributed by atoms with Crippen molar-refractivity contribution in [1.82, 2.24) is 0 Å². The number of amides is 1. The lowest BCUT2D eigenvalue weighted by Gasteiger charge is -2.03. The van der Waals surface area contributed by atoms with Gasteiger partial charge in [-0.05, 0) is 12.1 Å². The molecular weight excluding hydrogens is 192 g/mol. The van der Waals surface area contributed by atoms with Crippen LogP contribution in [0.1, 0.15) is 5.56 Å². The van der Waals surface area contributed by atoms with Crippen molar-refractivity contribution in [3.05, 3.63) is 35.4 Å². The van der Waals surface area contributed by atoms with E-state index in [1.54, 1.807) is 30.3 Å². The number of hydrogen-bond donors (Lipinski definition) is 1. The number of rotatable bonds is 3. The molecule has 0 radical (unpaired) electrons. The first-order valence-electron chi connectivity index (χ1n) is 4.23. The molecule has 0 aliphatic rings. The first-order chi connectivity index (χ1) is 7.19. The number of hydrogen-bond acceptors (Lipinski definition) is 3. The third kappa shape index (κ3) is 2.58. The zero-order valence-electron chi connectivity index (χ0n) is 8.23. The van der Waals surface area contributed by atoms with E-state index in [1.807, 2.05) is 0 Å². The predicted octanol–water partition coefficient (Wildman–Crippen LogP) is 1.09. The van der Waals surface area contributed by atoms with Gasteiger partial charge in [0.05, 0.1) is 7.11 Å². The Morgan fingerprint density at radius 1 is 1.53 bits per heavy atom. The molecule has 1 aromatic rings. The van der Waals surface area contributed by atoms with Gasteiger partial charge < -0.3 is 10.5 Å². The second kappa shape index (κ2) is 4.82. The zero-order chi connectivity index (χ0) is 11.3. The molecule has 1 rings (SSSR count). The molecule has 0 heterocycles. The van der Waals surface area contributed by atoms with Gasteiger partial charge in [0.1, 0.15) is 17.4 Å². The zero-order valence-corrected chi connectivity index (χ0v) is 8.23. The summed E-state index contributed by atoms with van der Waals surface area (Å²) < 4.78 is 5.06. The highest BCUT2D eigenvalue weighted by Gasteiger charge is 2.05. The van der Waals surface area contributed by atoms with Crippen molar-refractivity contribution in [3.63, 3.8) is 0 Å². The molecule has 4 nitrogen and oxygen atoms in total. The maximum absolute atomic E-state index is 10.8. The summed E-state index contributed by atoms with van der Waals surface area (Å²) in [5.74, 6) is -0.157. The summed E-state index contributed by atoms with van der Waals surface area (Å²) in [7, 11) is 1.52. The van der Waals surface area contributed by atoms with Crippen LogP contribution in [0.2, 0.25) is 0 Å². The number of ether oxygens (including phenoxy) is 1. The molecule has 76 valence electrons. The van der Waals surface area contributed by atoms with Crippen LogP contribution in [-0.2, 0) is 4.79 Å². The molecule has 0 aromatic heterocycles. The Morgan fingerprint density at radius 2 is 2.20 bits per heavy atom. The lowest BCUT2D eigenvalue weighted by molar-refractivity contribution is -0.114. The molecule has 0 aliphatic carbocycles. The maximum atomic E-state index is 10.8. The molecule has 15 heavy (non-hydrogen) atoms. The molecule has 1 aromatic carbocycles. The second-order valence-electron chi connectivity index (χ2n) is 2.78. The van der Waals surface area contributed by atoms with Gasteiger partial charge >= 0.3 is 0 Å². The van der Waals surface area contributed by atoms with Crippen molar-refractivity contribution in [2.75, 3.05) is 7.11 Å². The van der Waals surface area contributed by atoms with Crippen molar-refractivity contribution in [2.24, 2.45) is 5.73 Å². The Labute approximate surface area is 87.6 Å². The average Bonchev–Trinajstić information content (AvgIpc) is 2.25. The van der Waals surface area contributed by atoms with Crippen molar-refractivity contribution < 1.29 is 9.53 Å². The standard InChI is InChI=1S/C11H10N2O2/c1-15-10-5-3-2-4-8(10)6-9(7-12)11(13)14/h2-6H,1H3,(H2,13,14). The van der Waals surface area contributed by atoms with Crippen LogP contribution >= 0.6 is 0 Å². The first-order valence-corrected chi connectivity index (χ1v) is 4.23. The Morgan fingerprint density at radius 3 is 2.73 bits per heavy atom. The number of carbonyl (C=O) groups excluding carboxylic acids is 1. The van der Waals surface area contributed by atoms with Gasteiger partial charge in [-0.15, -0.1) is 0 Å². The fourth-order valence-electron chi connectivity index (χ4n) is 1.10. The van der Waals surface area contributed by atoms with Crippen LogP contribution in [0, 0.1) is 11.3 Å². The highest BCUT2D eigenvalue weighted by atomic mass is 16.5. The van der Waals surface area contributed by atoms with Gasteiger partial charge in [0.2, 0.25) is 0 Å². The molecule has 0 bridgehead atoms. The summed E-state index contributed by atoms with van der Waals surface area (Å²) >= 11 is 0. The summed E-state index contributed by atoms with van der Waals surface area (Å²) in [5, 5.41) is 8.66. The smallest absolute Gasteiger partial charge is 0.259 e. The van der Waals surface area contributed by atoms with Crippen LogP contribution in [0.15, 0.2) is 29.8 Å². The minimum absolute atomic E-state index is 0.0977. The minimum Gasteiger partial charge on any atom is -0.496 e. The molecule has 0 unspecified atom stereocenters. The van der Waals surface area contributed by atoms with Gasteiger partial charge in [-0.25, -0.2) is 0 Å². The van der Waals surface area contributed by atoms with E-state index in [0.717, 1.165) is 0 Å². The van der Waals surface area contributed by atoms with Crippen molar-refractivity contribution in [3.8, 4) is 11.8 Å².